The number of benzene rings is 2. The lowest BCUT2D eigenvalue weighted by Gasteiger charge is -2.18. The molecular weight excluding hydrogens is 509 g/mol. The highest BCUT2D eigenvalue weighted by molar-refractivity contribution is 5.95. The quantitative estimate of drug-likeness (QED) is 0.371. The van der Waals surface area contributed by atoms with Gasteiger partial charge in [-0.25, -0.2) is 18.9 Å². The fraction of sp³-hybridized carbons (Fsp3) is 0.231. The van der Waals surface area contributed by atoms with Gasteiger partial charge in [-0.05, 0) is 54.4 Å². The van der Waals surface area contributed by atoms with Crippen LogP contribution in [-0.4, -0.2) is 45.1 Å². The molecule has 1 aliphatic rings. The smallest absolute Gasteiger partial charge is 0.365 e. The number of hydrogen-bond acceptors (Lipinski definition) is 5. The maximum absolute atomic E-state index is 14.7. The standard InChI is InChI=1S/C26H20F5N5O2/c27-16-2-3-18-19(12-16)24(37)35-34-22(18)10-14-1-4-21(28)20(9-14)25(38)36-8-6-17(13-36)33-23-11-15(5-7-32-23)26(29,30)31/h1-5,7,9,11-12,17H,6,8,10,13H2,(H,32,33)(H,35,37)/t17-/m1/s1. The maximum Gasteiger partial charge on any atom is 0.416 e. The Hall–Kier alpha value is -4.35. The molecule has 1 saturated heterocycles. The maximum atomic E-state index is 14.7. The summed E-state index contributed by atoms with van der Waals surface area (Å²) in [5.41, 5.74) is -0.587. The normalized spacial score (nSPS) is 15.7. The summed E-state index contributed by atoms with van der Waals surface area (Å²) in [5, 5.41) is 9.84. The summed E-state index contributed by atoms with van der Waals surface area (Å²) in [5.74, 6) is -1.83. The summed E-state index contributed by atoms with van der Waals surface area (Å²) >= 11 is 0. The molecule has 1 amide bonds. The molecule has 0 saturated carbocycles. The summed E-state index contributed by atoms with van der Waals surface area (Å²) in [6.45, 7) is 0.426. The number of carbonyl (C=O) groups excluding carboxylic acids is 1. The van der Waals surface area contributed by atoms with Crippen LogP contribution in [0.1, 0.15) is 33.6 Å². The monoisotopic (exact) mass is 529 g/mol. The van der Waals surface area contributed by atoms with Crippen LogP contribution in [0.2, 0.25) is 0 Å². The van der Waals surface area contributed by atoms with Gasteiger partial charge in [0.05, 0.1) is 22.2 Å². The number of amides is 1. The number of nitrogens with zero attached hydrogens (tertiary/aromatic N) is 3. The van der Waals surface area contributed by atoms with E-state index in [2.05, 4.69) is 20.5 Å². The van der Waals surface area contributed by atoms with Crippen molar-refractivity contribution in [3.8, 4) is 0 Å². The van der Waals surface area contributed by atoms with Crippen molar-refractivity contribution >= 4 is 22.5 Å². The molecule has 3 heterocycles. The highest BCUT2D eigenvalue weighted by Gasteiger charge is 2.32. The Labute approximate surface area is 212 Å². The zero-order valence-corrected chi connectivity index (χ0v) is 19.6. The highest BCUT2D eigenvalue weighted by atomic mass is 19.4. The SMILES string of the molecule is O=C(c1cc(Cc2n[nH]c(=O)c3cc(F)ccc23)ccc1F)N1CC[C@@H](Nc2cc(C(F)(F)F)ccn2)C1. The van der Waals surface area contributed by atoms with Gasteiger partial charge in [-0.2, -0.15) is 18.3 Å². The van der Waals surface area contributed by atoms with Crippen molar-refractivity contribution in [3.63, 3.8) is 0 Å². The van der Waals surface area contributed by atoms with Gasteiger partial charge in [-0.3, -0.25) is 9.59 Å². The molecule has 2 N–H and O–H groups in total. The van der Waals surface area contributed by atoms with Crippen molar-refractivity contribution in [2.45, 2.75) is 25.1 Å². The molecule has 1 aliphatic heterocycles. The van der Waals surface area contributed by atoms with Gasteiger partial charge in [0.1, 0.15) is 17.5 Å². The fourth-order valence-corrected chi connectivity index (χ4v) is 4.50. The number of anilines is 1. The van der Waals surface area contributed by atoms with E-state index in [4.69, 9.17) is 0 Å². The third kappa shape index (κ3) is 5.20. The first-order chi connectivity index (χ1) is 18.1. The van der Waals surface area contributed by atoms with Crippen molar-refractivity contribution in [2.75, 3.05) is 18.4 Å². The number of pyridine rings is 1. The summed E-state index contributed by atoms with van der Waals surface area (Å²) in [6.07, 6.45) is -2.87. The predicted molar refractivity (Wildman–Crippen MR) is 129 cm³/mol. The lowest BCUT2D eigenvalue weighted by Crippen LogP contribution is -2.32. The van der Waals surface area contributed by atoms with Crippen LogP contribution in [-0.2, 0) is 12.6 Å². The van der Waals surface area contributed by atoms with Crippen molar-refractivity contribution in [1.29, 1.82) is 0 Å². The average Bonchev–Trinajstić information content (AvgIpc) is 3.34. The van der Waals surface area contributed by atoms with E-state index in [0.29, 0.717) is 23.1 Å². The summed E-state index contributed by atoms with van der Waals surface area (Å²) in [7, 11) is 0. The summed E-state index contributed by atoms with van der Waals surface area (Å²) in [6, 6.07) is 9.20. The molecule has 0 spiro atoms. The largest absolute Gasteiger partial charge is 0.416 e. The van der Waals surface area contributed by atoms with Crippen molar-refractivity contribution in [1.82, 2.24) is 20.1 Å². The van der Waals surface area contributed by atoms with E-state index >= 15 is 0 Å². The topological polar surface area (TPSA) is 91.0 Å². The predicted octanol–water partition coefficient (Wildman–Crippen LogP) is 4.53. The van der Waals surface area contributed by atoms with E-state index in [1.807, 2.05) is 0 Å². The van der Waals surface area contributed by atoms with Crippen LogP contribution < -0.4 is 10.9 Å². The molecule has 4 aromatic rings. The van der Waals surface area contributed by atoms with E-state index in [1.165, 1.54) is 29.2 Å². The number of alkyl halides is 3. The van der Waals surface area contributed by atoms with Crippen LogP contribution in [0.4, 0.5) is 27.8 Å². The number of aromatic nitrogens is 3. The molecule has 0 aliphatic carbocycles. The Balaban J connectivity index is 1.32. The molecule has 12 heteroatoms. The van der Waals surface area contributed by atoms with E-state index < -0.39 is 34.8 Å². The number of hydrogen-bond donors (Lipinski definition) is 2. The van der Waals surface area contributed by atoms with E-state index in [-0.39, 0.29) is 42.3 Å². The van der Waals surface area contributed by atoms with Gasteiger partial charge >= 0.3 is 6.18 Å². The van der Waals surface area contributed by atoms with E-state index in [9.17, 15) is 31.5 Å². The second-order valence-corrected chi connectivity index (χ2v) is 8.99. The first kappa shape index (κ1) is 25.3. The molecule has 1 fully saturated rings. The second kappa shape index (κ2) is 9.84. The Morgan fingerprint density at radius 2 is 1.89 bits per heavy atom. The van der Waals surface area contributed by atoms with Gasteiger partial charge in [-0.1, -0.05) is 6.07 Å². The Bertz CT molecular complexity index is 1590. The first-order valence-corrected chi connectivity index (χ1v) is 11.6. The molecule has 0 unspecified atom stereocenters. The van der Waals surface area contributed by atoms with Crippen LogP contribution in [0, 0.1) is 11.6 Å². The Morgan fingerprint density at radius 1 is 1.08 bits per heavy atom. The van der Waals surface area contributed by atoms with Crippen LogP contribution in [0.25, 0.3) is 10.8 Å². The van der Waals surface area contributed by atoms with Gasteiger partial charge in [0, 0.05) is 37.1 Å². The van der Waals surface area contributed by atoms with Crippen molar-refractivity contribution in [2.24, 2.45) is 0 Å². The van der Waals surface area contributed by atoms with Gasteiger partial charge in [-0.15, -0.1) is 0 Å². The van der Waals surface area contributed by atoms with Crippen LogP contribution >= 0.6 is 0 Å². The molecule has 0 bridgehead atoms. The summed E-state index contributed by atoms with van der Waals surface area (Å²) < 4.78 is 67.2. The van der Waals surface area contributed by atoms with Gasteiger partial charge < -0.3 is 10.2 Å². The molecule has 196 valence electrons. The molecule has 1 atom stereocenters. The van der Waals surface area contributed by atoms with Crippen molar-refractivity contribution in [3.05, 3.63) is 99.1 Å². The molecule has 5 rings (SSSR count). The lowest BCUT2D eigenvalue weighted by molar-refractivity contribution is -0.137. The lowest BCUT2D eigenvalue weighted by atomic mass is 10.0. The third-order valence-electron chi connectivity index (χ3n) is 6.38. The number of likely N-dealkylation sites (tertiary alicyclic amines) is 1. The molecule has 38 heavy (non-hydrogen) atoms. The molecular formula is C26H20F5N5O2. The van der Waals surface area contributed by atoms with Crippen LogP contribution in [0.5, 0.6) is 0 Å². The number of aromatic amines is 1. The van der Waals surface area contributed by atoms with Crippen LogP contribution in [0.15, 0.2) is 59.5 Å². The molecule has 0 radical (unpaired) electrons. The molecule has 2 aromatic carbocycles. The number of fused-ring (bicyclic) bond motifs is 1. The van der Waals surface area contributed by atoms with Gasteiger partial charge in [0.2, 0.25) is 0 Å². The average molecular weight is 529 g/mol. The minimum absolute atomic E-state index is 0.0350. The fourth-order valence-electron chi connectivity index (χ4n) is 4.50. The first-order valence-electron chi connectivity index (χ1n) is 11.6. The minimum atomic E-state index is -4.51. The zero-order valence-electron chi connectivity index (χ0n) is 19.6. The molecule has 2 aromatic heterocycles. The zero-order chi connectivity index (χ0) is 27.0. The van der Waals surface area contributed by atoms with E-state index in [0.717, 1.165) is 30.5 Å². The number of H-pyrrole nitrogens is 1. The van der Waals surface area contributed by atoms with Gasteiger partial charge in [0.15, 0.2) is 0 Å². The third-order valence-corrected chi connectivity index (χ3v) is 6.38. The molecule has 7 nitrogen and oxygen atoms in total. The summed E-state index contributed by atoms with van der Waals surface area (Å²) in [4.78, 5) is 30.5. The number of carbonyl (C=O) groups is 1. The Kier molecular flexibility index (Phi) is 6.55. The second-order valence-electron chi connectivity index (χ2n) is 8.99. The van der Waals surface area contributed by atoms with E-state index in [1.54, 1.807) is 0 Å². The number of halogens is 5. The number of rotatable bonds is 5. The minimum Gasteiger partial charge on any atom is -0.365 e. The number of nitrogens with one attached hydrogen (secondary N) is 2. The van der Waals surface area contributed by atoms with Gasteiger partial charge in [0.25, 0.3) is 11.5 Å². The van der Waals surface area contributed by atoms with Crippen molar-refractivity contribution < 1.29 is 26.7 Å². The highest BCUT2D eigenvalue weighted by Crippen LogP contribution is 2.30. The Morgan fingerprint density at radius 3 is 2.68 bits per heavy atom. The van der Waals surface area contributed by atoms with Crippen LogP contribution in [0.3, 0.4) is 0 Å².